The Morgan fingerprint density at radius 1 is 1.30 bits per heavy atom. The normalized spacial score (nSPS) is 14.1. The van der Waals surface area contributed by atoms with Crippen LogP contribution in [0.5, 0.6) is 0 Å². The zero-order valence-electron chi connectivity index (χ0n) is 13.8. The number of aromatic carboxylic acids is 1. The van der Waals surface area contributed by atoms with Gasteiger partial charge in [0, 0.05) is 18.1 Å². The van der Waals surface area contributed by atoms with Crippen molar-refractivity contribution < 1.29 is 23.1 Å². The van der Waals surface area contributed by atoms with Crippen LogP contribution in [0, 0.1) is 6.92 Å². The van der Waals surface area contributed by atoms with E-state index in [1.807, 2.05) is 13.0 Å². The molecule has 1 aliphatic rings. The molecule has 0 bridgehead atoms. The van der Waals surface area contributed by atoms with Crippen molar-refractivity contribution in [1.29, 1.82) is 0 Å². The summed E-state index contributed by atoms with van der Waals surface area (Å²) in [5.74, 6) is -1.20. The van der Waals surface area contributed by atoms with Gasteiger partial charge in [-0.2, -0.15) is 13.2 Å². The Morgan fingerprint density at radius 3 is 2.74 bits per heavy atom. The smallest absolute Gasteiger partial charge is 0.431 e. The van der Waals surface area contributed by atoms with Gasteiger partial charge in [0.25, 0.3) is 0 Å². The number of rotatable bonds is 3. The van der Waals surface area contributed by atoms with Crippen LogP contribution in [0.3, 0.4) is 0 Å². The van der Waals surface area contributed by atoms with E-state index in [4.69, 9.17) is 5.11 Å². The molecule has 0 spiro atoms. The van der Waals surface area contributed by atoms with Crippen molar-refractivity contribution in [2.45, 2.75) is 13.1 Å². The summed E-state index contributed by atoms with van der Waals surface area (Å²) >= 11 is 1.01. The number of carboxylic acids is 1. The van der Waals surface area contributed by atoms with E-state index >= 15 is 0 Å². The number of guanidine groups is 1. The number of alkyl halides is 3. The molecule has 1 aromatic carbocycles. The fourth-order valence-corrected chi connectivity index (χ4v) is 3.07. The first-order valence-electron chi connectivity index (χ1n) is 7.59. The molecule has 2 heterocycles. The molecule has 10 heteroatoms. The molecule has 0 saturated heterocycles. The third-order valence-corrected chi connectivity index (χ3v) is 4.46. The summed E-state index contributed by atoms with van der Waals surface area (Å²) in [4.78, 5) is 19.4. The molecule has 0 fully saturated rings. The standard InChI is InChI=1S/C17H13F3N4O2S/c1-9-5-10(12-8-22-14(27-12)15(25)26)7-11(6-9)23-16-21-4-2-3-13(24-16)17(18,19)20/h2-8H,1H3,(H,25,26)(H2,21,23,24). The zero-order valence-corrected chi connectivity index (χ0v) is 14.6. The van der Waals surface area contributed by atoms with Crippen LogP contribution in [0.15, 0.2) is 53.4 Å². The largest absolute Gasteiger partial charge is 0.476 e. The molecule has 2 aromatic rings. The molecule has 1 aliphatic heterocycles. The Morgan fingerprint density at radius 2 is 2.07 bits per heavy atom. The Balaban J connectivity index is 1.86. The number of hydrogen-bond acceptors (Lipinski definition) is 6. The van der Waals surface area contributed by atoms with E-state index in [9.17, 15) is 18.0 Å². The molecule has 0 unspecified atom stereocenters. The van der Waals surface area contributed by atoms with E-state index in [1.165, 1.54) is 18.5 Å². The van der Waals surface area contributed by atoms with Crippen LogP contribution in [-0.4, -0.2) is 28.2 Å². The van der Waals surface area contributed by atoms with Crippen molar-refractivity contribution in [3.63, 3.8) is 0 Å². The number of carbonyl (C=O) groups is 1. The number of hydrogen-bond donors (Lipinski definition) is 3. The van der Waals surface area contributed by atoms with Gasteiger partial charge >= 0.3 is 12.1 Å². The van der Waals surface area contributed by atoms with Gasteiger partial charge in [-0.05, 0) is 42.3 Å². The average Bonchev–Trinajstić information content (AvgIpc) is 2.95. The number of allylic oxidation sites excluding steroid dienone is 3. The molecule has 140 valence electrons. The number of carboxylic acid groups (broad SMARTS) is 1. The number of aryl methyl sites for hydroxylation is 1. The van der Waals surface area contributed by atoms with Crippen molar-refractivity contribution in [3.05, 3.63) is 59.0 Å². The van der Waals surface area contributed by atoms with Crippen molar-refractivity contribution in [1.82, 2.24) is 10.3 Å². The number of nitrogens with zero attached hydrogens (tertiary/aromatic N) is 2. The number of aromatic nitrogens is 1. The molecule has 0 radical (unpaired) electrons. The molecule has 6 nitrogen and oxygen atoms in total. The Labute approximate surface area is 155 Å². The SMILES string of the molecule is Cc1cc(NC2=NC=CC=C(C(F)(F)F)N2)cc(-c2cnc(C(=O)O)s2)c1. The van der Waals surface area contributed by atoms with Crippen molar-refractivity contribution in [2.24, 2.45) is 4.99 Å². The molecule has 27 heavy (non-hydrogen) atoms. The fourth-order valence-electron chi connectivity index (χ4n) is 2.33. The summed E-state index contributed by atoms with van der Waals surface area (Å²) < 4.78 is 38.9. The minimum absolute atomic E-state index is 0.0408. The minimum atomic E-state index is -4.54. The van der Waals surface area contributed by atoms with Crippen LogP contribution in [-0.2, 0) is 0 Å². The molecule has 3 N–H and O–H groups in total. The molecule has 0 atom stereocenters. The first-order valence-corrected chi connectivity index (χ1v) is 8.41. The topological polar surface area (TPSA) is 86.6 Å². The van der Waals surface area contributed by atoms with Crippen molar-refractivity contribution in [3.8, 4) is 10.4 Å². The minimum Gasteiger partial charge on any atom is -0.476 e. The van der Waals surface area contributed by atoms with Crippen molar-refractivity contribution >= 4 is 29.0 Å². The van der Waals surface area contributed by atoms with Crippen LogP contribution in [0.1, 0.15) is 15.4 Å². The van der Waals surface area contributed by atoms with E-state index in [-0.39, 0.29) is 11.0 Å². The number of nitrogens with one attached hydrogen (secondary N) is 2. The second-order valence-corrected chi connectivity index (χ2v) is 6.60. The molecular formula is C17H13F3N4O2S. The number of aliphatic imine (C=N–C) groups is 1. The van der Waals surface area contributed by atoms with E-state index in [1.54, 1.807) is 12.1 Å². The van der Waals surface area contributed by atoms with Gasteiger partial charge in [0.1, 0.15) is 5.70 Å². The number of halogens is 3. The predicted molar refractivity (Wildman–Crippen MR) is 96.7 cm³/mol. The van der Waals surface area contributed by atoms with Crippen LogP contribution in [0.4, 0.5) is 18.9 Å². The lowest BCUT2D eigenvalue weighted by Crippen LogP contribution is -2.35. The van der Waals surface area contributed by atoms with Crippen LogP contribution >= 0.6 is 11.3 Å². The maximum Gasteiger partial charge on any atom is 0.431 e. The lowest BCUT2D eigenvalue weighted by atomic mass is 10.1. The first kappa shape index (κ1) is 18.6. The highest BCUT2D eigenvalue weighted by Gasteiger charge is 2.34. The van der Waals surface area contributed by atoms with E-state index in [0.717, 1.165) is 23.0 Å². The molecular weight excluding hydrogens is 381 g/mol. The molecule has 1 aromatic heterocycles. The third kappa shape index (κ3) is 4.53. The number of thiazole rings is 1. The van der Waals surface area contributed by atoms with Crippen LogP contribution in [0.25, 0.3) is 10.4 Å². The predicted octanol–water partition coefficient (Wildman–Crippen LogP) is 4.15. The summed E-state index contributed by atoms with van der Waals surface area (Å²) in [5, 5.41) is 14.0. The maximum atomic E-state index is 13.0. The van der Waals surface area contributed by atoms with E-state index in [0.29, 0.717) is 16.1 Å². The lowest BCUT2D eigenvalue weighted by Gasteiger charge is -2.16. The van der Waals surface area contributed by atoms with Crippen molar-refractivity contribution in [2.75, 3.05) is 5.32 Å². The third-order valence-electron chi connectivity index (χ3n) is 3.42. The van der Waals surface area contributed by atoms with Gasteiger partial charge < -0.3 is 15.7 Å². The second kappa shape index (κ2) is 7.23. The molecule has 3 rings (SSSR count). The zero-order chi connectivity index (χ0) is 19.6. The number of anilines is 1. The monoisotopic (exact) mass is 394 g/mol. The van der Waals surface area contributed by atoms with Gasteiger partial charge in [-0.25, -0.2) is 14.8 Å². The van der Waals surface area contributed by atoms with Gasteiger partial charge in [-0.3, -0.25) is 0 Å². The van der Waals surface area contributed by atoms with Crippen LogP contribution < -0.4 is 10.6 Å². The lowest BCUT2D eigenvalue weighted by molar-refractivity contribution is -0.0948. The summed E-state index contributed by atoms with van der Waals surface area (Å²) in [6.07, 6.45) is 0.237. The summed E-state index contributed by atoms with van der Waals surface area (Å²) in [6, 6.07) is 5.24. The van der Waals surface area contributed by atoms with E-state index in [2.05, 4.69) is 20.6 Å². The summed E-state index contributed by atoms with van der Waals surface area (Å²) in [5.41, 5.74) is 1.08. The van der Waals surface area contributed by atoms with Crippen LogP contribution in [0.2, 0.25) is 0 Å². The Kier molecular flexibility index (Phi) is 5.00. The number of benzene rings is 1. The van der Waals surface area contributed by atoms with E-state index < -0.39 is 17.8 Å². The van der Waals surface area contributed by atoms with Gasteiger partial charge in [-0.15, -0.1) is 11.3 Å². The Hall–Kier alpha value is -3.14. The highest BCUT2D eigenvalue weighted by atomic mass is 32.1. The Bertz CT molecular complexity index is 977. The molecule has 0 amide bonds. The van der Waals surface area contributed by atoms with Gasteiger partial charge in [0.2, 0.25) is 11.0 Å². The van der Waals surface area contributed by atoms with Gasteiger partial charge in [-0.1, -0.05) is 6.07 Å². The average molecular weight is 394 g/mol. The first-order chi connectivity index (χ1) is 12.7. The highest BCUT2D eigenvalue weighted by molar-refractivity contribution is 7.16. The van der Waals surface area contributed by atoms with Gasteiger partial charge in [0.15, 0.2) is 0 Å². The quantitative estimate of drug-likeness (QED) is 0.728. The molecule has 0 saturated carbocycles. The van der Waals surface area contributed by atoms with Gasteiger partial charge in [0.05, 0.1) is 4.88 Å². The summed E-state index contributed by atoms with van der Waals surface area (Å²) in [6.45, 7) is 1.82. The summed E-state index contributed by atoms with van der Waals surface area (Å²) in [7, 11) is 0. The second-order valence-electron chi connectivity index (χ2n) is 5.57. The maximum absolute atomic E-state index is 13.0. The highest BCUT2D eigenvalue weighted by Crippen LogP contribution is 2.30. The molecule has 0 aliphatic carbocycles. The fraction of sp³-hybridized carbons (Fsp3) is 0.118.